The van der Waals surface area contributed by atoms with E-state index in [2.05, 4.69) is 229 Å². The van der Waals surface area contributed by atoms with E-state index in [1.165, 1.54) is 49.3 Å². The number of benzene rings is 10. The number of hydrogen-bond acceptors (Lipinski definition) is 4. The van der Waals surface area contributed by atoms with E-state index in [1.54, 1.807) is 0 Å². The van der Waals surface area contributed by atoms with Crippen LogP contribution in [0.15, 0.2) is 247 Å². The van der Waals surface area contributed by atoms with Crippen molar-refractivity contribution in [1.29, 1.82) is 0 Å². The Morgan fingerprint density at radius 2 is 0.972 bits per heavy atom. The predicted octanol–water partition coefficient (Wildman–Crippen LogP) is 17.3. The lowest BCUT2D eigenvalue weighted by molar-refractivity contribution is 0.669. The molecule has 5 heteroatoms. The number of hydrogen-bond donors (Lipinski definition) is 0. The summed E-state index contributed by atoms with van der Waals surface area (Å²) in [5, 5.41) is 7.07. The molecule has 72 heavy (non-hydrogen) atoms. The van der Waals surface area contributed by atoms with E-state index in [0.717, 1.165) is 72.1 Å². The van der Waals surface area contributed by atoms with E-state index in [-0.39, 0.29) is 5.92 Å². The Morgan fingerprint density at radius 3 is 1.83 bits per heavy atom. The van der Waals surface area contributed by atoms with Gasteiger partial charge >= 0.3 is 0 Å². The van der Waals surface area contributed by atoms with Crippen LogP contribution >= 0.6 is 0 Å². The van der Waals surface area contributed by atoms with Gasteiger partial charge in [-0.1, -0.05) is 188 Å². The zero-order chi connectivity index (χ0) is 47.3. The van der Waals surface area contributed by atoms with Crippen LogP contribution in [0.1, 0.15) is 23.0 Å². The fraction of sp³-hybridized carbons (Fsp3) is 0.0299. The highest BCUT2D eigenvalue weighted by Crippen LogP contribution is 2.50. The van der Waals surface area contributed by atoms with Crippen LogP contribution in [0.4, 0.5) is 0 Å². The quantitative estimate of drug-likeness (QED) is 0.167. The maximum atomic E-state index is 6.76. The summed E-state index contributed by atoms with van der Waals surface area (Å²) < 4.78 is 9.16. The van der Waals surface area contributed by atoms with Gasteiger partial charge in [-0.15, -0.1) is 0 Å². The summed E-state index contributed by atoms with van der Waals surface area (Å²) in [7, 11) is 0. The Kier molecular flexibility index (Phi) is 9.02. The highest BCUT2D eigenvalue weighted by atomic mass is 16.3. The molecule has 0 radical (unpaired) electrons. The minimum Gasteiger partial charge on any atom is -0.456 e. The minimum absolute atomic E-state index is 0.281. The summed E-state index contributed by atoms with van der Waals surface area (Å²) in [5.41, 5.74) is 17.6. The van der Waals surface area contributed by atoms with Crippen molar-refractivity contribution in [2.45, 2.75) is 11.8 Å². The molecule has 0 saturated carbocycles. The fourth-order valence-corrected chi connectivity index (χ4v) is 11.7. The Labute approximate surface area is 415 Å². The van der Waals surface area contributed by atoms with Gasteiger partial charge in [0.1, 0.15) is 11.2 Å². The molecule has 13 aromatic rings. The lowest BCUT2D eigenvalue weighted by atomic mass is 9.69. The van der Waals surface area contributed by atoms with Crippen molar-refractivity contribution in [3.05, 3.63) is 254 Å². The third-order valence-corrected chi connectivity index (χ3v) is 15.0. The number of para-hydroxylation sites is 1. The molecule has 0 saturated heterocycles. The normalized spacial score (nSPS) is 14.8. The smallest absolute Gasteiger partial charge is 0.164 e. The second-order valence-corrected chi connectivity index (χ2v) is 19.0. The van der Waals surface area contributed by atoms with Gasteiger partial charge < -0.3 is 8.98 Å². The summed E-state index contributed by atoms with van der Waals surface area (Å²) in [6.45, 7) is 0. The van der Waals surface area contributed by atoms with E-state index >= 15 is 0 Å². The van der Waals surface area contributed by atoms with E-state index in [9.17, 15) is 0 Å². The molecule has 0 spiro atoms. The van der Waals surface area contributed by atoms with E-state index in [1.807, 2.05) is 18.2 Å². The molecule has 2 aliphatic rings. The maximum Gasteiger partial charge on any atom is 0.164 e. The largest absolute Gasteiger partial charge is 0.456 e. The molecule has 0 fully saturated rings. The molecule has 5 nitrogen and oxygen atoms in total. The van der Waals surface area contributed by atoms with Gasteiger partial charge in [-0.3, -0.25) is 0 Å². The summed E-state index contributed by atoms with van der Waals surface area (Å²) in [6, 6.07) is 78.0. The number of allylic oxidation sites excluding steroid dienone is 4. The minimum atomic E-state index is 0.281. The van der Waals surface area contributed by atoms with Crippen LogP contribution in [-0.4, -0.2) is 19.5 Å². The molecule has 0 aliphatic heterocycles. The standard InChI is InChI=1S/C67H42N4O/c1-3-16-42(17-4-1)65-68-66(46-19-13-18-43(37-46)44-29-33-55-53-25-10-9-23-51(53)52-24-11-12-26-54(52)58(55)38-44)70-67(69-65)47-31-35-57-62(40-47)72-61-28-14-27-50(64(57)61)45-30-34-56-60(39-45)71(48-20-5-2-6-21-48)59-36-32-41-15-7-8-22-49(41)63(56)59/h1-40,52,54H. The van der Waals surface area contributed by atoms with Gasteiger partial charge in [0.25, 0.3) is 0 Å². The van der Waals surface area contributed by atoms with Crippen molar-refractivity contribution in [1.82, 2.24) is 19.5 Å². The molecule has 2 atom stereocenters. The summed E-state index contributed by atoms with van der Waals surface area (Å²) in [5.74, 6) is 2.39. The molecular formula is C67H42N4O. The van der Waals surface area contributed by atoms with Crippen molar-refractivity contribution < 1.29 is 4.42 Å². The summed E-state index contributed by atoms with van der Waals surface area (Å²) >= 11 is 0. The van der Waals surface area contributed by atoms with Gasteiger partial charge in [0.15, 0.2) is 17.5 Å². The predicted molar refractivity (Wildman–Crippen MR) is 295 cm³/mol. The van der Waals surface area contributed by atoms with Crippen molar-refractivity contribution in [3.63, 3.8) is 0 Å². The highest BCUT2D eigenvalue weighted by molar-refractivity contribution is 6.22. The molecule has 15 rings (SSSR count). The summed E-state index contributed by atoms with van der Waals surface area (Å²) in [4.78, 5) is 15.5. The van der Waals surface area contributed by atoms with Crippen molar-refractivity contribution >= 4 is 54.5 Å². The second kappa shape index (κ2) is 16.1. The van der Waals surface area contributed by atoms with Crippen LogP contribution in [-0.2, 0) is 0 Å². The van der Waals surface area contributed by atoms with Crippen molar-refractivity contribution in [3.8, 4) is 73.2 Å². The van der Waals surface area contributed by atoms with Gasteiger partial charge in [0, 0.05) is 55.8 Å². The van der Waals surface area contributed by atoms with E-state index < -0.39 is 0 Å². The average Bonchev–Trinajstić information content (AvgIpc) is 4.01. The second-order valence-electron chi connectivity index (χ2n) is 19.0. The van der Waals surface area contributed by atoms with Gasteiger partial charge in [-0.05, 0) is 110 Å². The van der Waals surface area contributed by atoms with Gasteiger partial charge in [-0.25, -0.2) is 15.0 Å². The Balaban J connectivity index is 0.839. The van der Waals surface area contributed by atoms with Crippen LogP contribution in [0.5, 0.6) is 0 Å². The first-order chi connectivity index (χ1) is 35.7. The Morgan fingerprint density at radius 1 is 0.347 bits per heavy atom. The molecule has 2 unspecified atom stereocenters. The van der Waals surface area contributed by atoms with Crippen LogP contribution in [0, 0.1) is 0 Å². The molecule has 0 amide bonds. The third-order valence-electron chi connectivity index (χ3n) is 15.0. The molecule has 3 heterocycles. The lowest BCUT2D eigenvalue weighted by Gasteiger charge is -2.34. The lowest BCUT2D eigenvalue weighted by Crippen LogP contribution is -2.16. The molecule has 0 N–H and O–H groups in total. The molecule has 3 aromatic heterocycles. The number of rotatable bonds is 6. The molecular weight excluding hydrogens is 877 g/mol. The van der Waals surface area contributed by atoms with E-state index in [4.69, 9.17) is 19.4 Å². The number of nitrogens with zero attached hydrogens (tertiary/aromatic N) is 4. The topological polar surface area (TPSA) is 56.7 Å². The van der Waals surface area contributed by atoms with Crippen LogP contribution in [0.2, 0.25) is 0 Å². The first-order valence-electron chi connectivity index (χ1n) is 24.7. The Bertz CT molecular complexity index is 4410. The third kappa shape index (κ3) is 6.37. The highest BCUT2D eigenvalue weighted by Gasteiger charge is 2.32. The maximum absolute atomic E-state index is 6.76. The summed E-state index contributed by atoms with van der Waals surface area (Å²) in [6.07, 6.45) is 9.07. The first-order valence-corrected chi connectivity index (χ1v) is 24.7. The monoisotopic (exact) mass is 918 g/mol. The zero-order valence-corrected chi connectivity index (χ0v) is 38.9. The molecule has 0 bridgehead atoms. The number of aromatic nitrogens is 4. The number of fused-ring (bicyclic) bond motifs is 14. The van der Waals surface area contributed by atoms with E-state index in [0.29, 0.717) is 23.4 Å². The SMILES string of the molecule is C1=CC2c3ccccc3-c3ccc(-c4cccc(-c5nc(-c6ccccc6)nc(-c6ccc7c(c6)oc6cccc(-c8ccc9c%10c%11ccccc%11ccc%10n(-c%10ccccc%10)c9c8)c67)n5)c4)cc3C2C=C1. The molecule has 2 aliphatic carbocycles. The zero-order valence-electron chi connectivity index (χ0n) is 38.9. The molecule has 10 aromatic carbocycles. The number of furan rings is 1. The van der Waals surface area contributed by atoms with Gasteiger partial charge in [0.05, 0.1) is 11.0 Å². The first kappa shape index (κ1) is 40.4. The molecule has 336 valence electrons. The fourth-order valence-electron chi connectivity index (χ4n) is 11.7. The van der Waals surface area contributed by atoms with Crippen molar-refractivity contribution in [2.24, 2.45) is 0 Å². The van der Waals surface area contributed by atoms with Gasteiger partial charge in [-0.2, -0.15) is 0 Å². The average molecular weight is 919 g/mol. The van der Waals surface area contributed by atoms with Crippen LogP contribution in [0.3, 0.4) is 0 Å². The van der Waals surface area contributed by atoms with Crippen molar-refractivity contribution in [2.75, 3.05) is 0 Å². The Hall–Kier alpha value is -9.45. The van der Waals surface area contributed by atoms with Gasteiger partial charge in [0.2, 0.25) is 0 Å². The van der Waals surface area contributed by atoms with Crippen LogP contribution in [0.25, 0.3) is 128 Å². The van der Waals surface area contributed by atoms with Crippen LogP contribution < -0.4 is 0 Å².